The van der Waals surface area contributed by atoms with Crippen LogP contribution in [0.5, 0.6) is 0 Å². The summed E-state index contributed by atoms with van der Waals surface area (Å²) in [4.78, 5) is 21.6. The van der Waals surface area contributed by atoms with Crippen molar-refractivity contribution in [2.24, 2.45) is 0 Å². The maximum Gasteiger partial charge on any atom is 0.336 e. The number of hydrogen-bond acceptors (Lipinski definition) is 2. The first-order chi connectivity index (χ1) is 8.00. The van der Waals surface area contributed by atoms with Gasteiger partial charge in [-0.3, -0.25) is 4.79 Å². The third-order valence-electron chi connectivity index (χ3n) is 2.21. The van der Waals surface area contributed by atoms with Gasteiger partial charge in [-0.25, -0.2) is 4.79 Å². The zero-order valence-corrected chi connectivity index (χ0v) is 9.86. The molecule has 1 rings (SSSR count). The molecule has 0 unspecified atom stereocenters. The number of aromatic carboxylic acids is 1. The van der Waals surface area contributed by atoms with Crippen LogP contribution in [0.2, 0.25) is 0 Å². The Morgan fingerprint density at radius 1 is 1.41 bits per heavy atom. The Balaban J connectivity index is 2.83. The van der Waals surface area contributed by atoms with E-state index in [2.05, 4.69) is 5.32 Å². The number of rotatable bonds is 4. The molecule has 0 aliphatic rings. The van der Waals surface area contributed by atoms with Crippen molar-refractivity contribution in [1.82, 2.24) is 5.32 Å². The summed E-state index contributed by atoms with van der Waals surface area (Å²) in [6.45, 7) is 3.67. The van der Waals surface area contributed by atoms with Gasteiger partial charge in [-0.15, -0.1) is 0 Å². The van der Waals surface area contributed by atoms with Crippen LogP contribution in [-0.2, 0) is 4.79 Å². The zero-order valence-electron chi connectivity index (χ0n) is 9.86. The smallest absolute Gasteiger partial charge is 0.336 e. The monoisotopic (exact) mass is 233 g/mol. The molecule has 0 saturated carbocycles. The van der Waals surface area contributed by atoms with E-state index in [1.165, 1.54) is 6.92 Å². The summed E-state index contributed by atoms with van der Waals surface area (Å²) >= 11 is 0. The summed E-state index contributed by atoms with van der Waals surface area (Å²) in [5.74, 6) is -1.06. The minimum absolute atomic E-state index is 0.114. The van der Waals surface area contributed by atoms with Crippen molar-refractivity contribution in [1.29, 1.82) is 0 Å². The molecular formula is C13H15NO3. The predicted octanol–water partition coefficient (Wildman–Crippen LogP) is 1.84. The topological polar surface area (TPSA) is 66.4 Å². The van der Waals surface area contributed by atoms with Crippen molar-refractivity contribution in [3.8, 4) is 0 Å². The molecule has 0 aliphatic carbocycles. The molecule has 0 saturated heterocycles. The van der Waals surface area contributed by atoms with Crippen LogP contribution in [-0.4, -0.2) is 23.5 Å². The van der Waals surface area contributed by atoms with Gasteiger partial charge in [-0.05, 0) is 18.6 Å². The molecule has 0 bridgehead atoms. The van der Waals surface area contributed by atoms with Crippen LogP contribution in [0.4, 0.5) is 0 Å². The number of aryl methyl sites for hydroxylation is 1. The Labute approximate surface area is 100.0 Å². The van der Waals surface area contributed by atoms with Gasteiger partial charge in [0.15, 0.2) is 0 Å². The fourth-order valence-electron chi connectivity index (χ4n) is 1.39. The molecule has 0 fully saturated rings. The lowest BCUT2D eigenvalue weighted by atomic mass is 10.0. The lowest BCUT2D eigenvalue weighted by Crippen LogP contribution is -2.19. The second kappa shape index (κ2) is 5.84. The number of carbonyl (C=O) groups excluding carboxylic acids is 1. The maximum absolute atomic E-state index is 11.0. The number of benzene rings is 1. The molecule has 4 nitrogen and oxygen atoms in total. The van der Waals surface area contributed by atoms with Crippen LogP contribution >= 0.6 is 0 Å². The third-order valence-corrected chi connectivity index (χ3v) is 2.21. The van der Waals surface area contributed by atoms with E-state index in [0.29, 0.717) is 12.1 Å². The lowest BCUT2D eigenvalue weighted by molar-refractivity contribution is -0.118. The number of nitrogens with one attached hydrogen (secondary N) is 1. The second-order valence-corrected chi connectivity index (χ2v) is 3.74. The van der Waals surface area contributed by atoms with Gasteiger partial charge in [0.1, 0.15) is 0 Å². The number of hydrogen-bond donors (Lipinski definition) is 2. The van der Waals surface area contributed by atoms with Gasteiger partial charge in [-0.1, -0.05) is 29.8 Å². The first-order valence-corrected chi connectivity index (χ1v) is 5.25. The van der Waals surface area contributed by atoms with E-state index in [0.717, 1.165) is 5.56 Å². The van der Waals surface area contributed by atoms with E-state index in [4.69, 9.17) is 5.11 Å². The van der Waals surface area contributed by atoms with Crippen molar-refractivity contribution in [2.45, 2.75) is 13.8 Å². The molecule has 90 valence electrons. The SMILES string of the molecule is CC(=O)NCC=Cc1ccc(C)cc1C(=O)O. The first-order valence-electron chi connectivity index (χ1n) is 5.25. The lowest BCUT2D eigenvalue weighted by Gasteiger charge is -2.02. The third kappa shape index (κ3) is 4.10. The van der Waals surface area contributed by atoms with Gasteiger partial charge in [0.05, 0.1) is 5.56 Å². The molecule has 1 amide bonds. The molecule has 4 heteroatoms. The maximum atomic E-state index is 11.0. The van der Waals surface area contributed by atoms with Gasteiger partial charge < -0.3 is 10.4 Å². The number of carbonyl (C=O) groups is 2. The highest BCUT2D eigenvalue weighted by Gasteiger charge is 2.07. The number of amides is 1. The van der Waals surface area contributed by atoms with Crippen molar-refractivity contribution >= 4 is 18.0 Å². The molecule has 17 heavy (non-hydrogen) atoms. The Hall–Kier alpha value is -2.10. The standard InChI is InChI=1S/C13H15NO3/c1-9-5-6-11(12(8-9)13(16)17)4-3-7-14-10(2)15/h3-6,8H,7H2,1-2H3,(H,14,15)(H,16,17). The molecule has 0 aromatic heterocycles. The molecule has 1 aromatic rings. The van der Waals surface area contributed by atoms with Gasteiger partial charge >= 0.3 is 5.97 Å². The normalized spacial score (nSPS) is 10.5. The largest absolute Gasteiger partial charge is 0.478 e. The van der Waals surface area contributed by atoms with Crippen LogP contribution < -0.4 is 5.32 Å². The molecule has 2 N–H and O–H groups in total. The highest BCUT2D eigenvalue weighted by molar-refractivity contribution is 5.92. The van der Waals surface area contributed by atoms with Crippen molar-refractivity contribution in [3.05, 3.63) is 41.0 Å². The van der Waals surface area contributed by atoms with Gasteiger partial charge in [0.25, 0.3) is 0 Å². The highest BCUT2D eigenvalue weighted by Crippen LogP contribution is 2.13. The first kappa shape index (κ1) is 13.0. The van der Waals surface area contributed by atoms with E-state index in [1.54, 1.807) is 24.3 Å². The minimum Gasteiger partial charge on any atom is -0.478 e. The van der Waals surface area contributed by atoms with Crippen molar-refractivity contribution < 1.29 is 14.7 Å². The van der Waals surface area contributed by atoms with Gasteiger partial charge in [-0.2, -0.15) is 0 Å². The van der Waals surface area contributed by atoms with Gasteiger partial charge in [0, 0.05) is 13.5 Å². The average Bonchev–Trinajstić information content (AvgIpc) is 2.25. The van der Waals surface area contributed by atoms with E-state index in [9.17, 15) is 9.59 Å². The molecule has 0 heterocycles. The summed E-state index contributed by atoms with van der Waals surface area (Å²) in [6, 6.07) is 5.23. The molecule has 0 aliphatic heterocycles. The highest BCUT2D eigenvalue weighted by atomic mass is 16.4. The summed E-state index contributed by atoms with van der Waals surface area (Å²) < 4.78 is 0. The van der Waals surface area contributed by atoms with Crippen LogP contribution in [0.25, 0.3) is 6.08 Å². The Morgan fingerprint density at radius 2 is 2.12 bits per heavy atom. The van der Waals surface area contributed by atoms with E-state index in [1.807, 2.05) is 13.0 Å². The molecular weight excluding hydrogens is 218 g/mol. The summed E-state index contributed by atoms with van der Waals surface area (Å²) in [5.41, 5.74) is 1.80. The van der Waals surface area contributed by atoms with Crippen LogP contribution in [0, 0.1) is 6.92 Å². The fourth-order valence-corrected chi connectivity index (χ4v) is 1.39. The minimum atomic E-state index is -0.951. The zero-order chi connectivity index (χ0) is 12.8. The van der Waals surface area contributed by atoms with Gasteiger partial charge in [0.2, 0.25) is 5.91 Å². The van der Waals surface area contributed by atoms with E-state index < -0.39 is 5.97 Å². The molecule has 0 radical (unpaired) electrons. The Morgan fingerprint density at radius 3 is 2.71 bits per heavy atom. The quantitative estimate of drug-likeness (QED) is 0.834. The molecule has 0 spiro atoms. The summed E-state index contributed by atoms with van der Waals surface area (Å²) in [5, 5.41) is 11.6. The second-order valence-electron chi connectivity index (χ2n) is 3.74. The van der Waals surface area contributed by atoms with E-state index >= 15 is 0 Å². The predicted molar refractivity (Wildman–Crippen MR) is 65.9 cm³/mol. The number of carboxylic acid groups (broad SMARTS) is 1. The van der Waals surface area contributed by atoms with Crippen molar-refractivity contribution in [3.63, 3.8) is 0 Å². The molecule has 1 aromatic carbocycles. The number of carboxylic acids is 1. The summed E-state index contributed by atoms with van der Waals surface area (Å²) in [7, 11) is 0. The molecule has 0 atom stereocenters. The van der Waals surface area contributed by atoms with Crippen molar-refractivity contribution in [2.75, 3.05) is 6.54 Å². The van der Waals surface area contributed by atoms with Crippen LogP contribution in [0.3, 0.4) is 0 Å². The Kier molecular flexibility index (Phi) is 4.46. The average molecular weight is 233 g/mol. The van der Waals surface area contributed by atoms with E-state index in [-0.39, 0.29) is 11.5 Å². The van der Waals surface area contributed by atoms with Crippen LogP contribution in [0.1, 0.15) is 28.4 Å². The van der Waals surface area contributed by atoms with Crippen LogP contribution in [0.15, 0.2) is 24.3 Å². The summed E-state index contributed by atoms with van der Waals surface area (Å²) in [6.07, 6.45) is 3.41. The Bertz CT molecular complexity index is 464. The fraction of sp³-hybridized carbons (Fsp3) is 0.231.